The van der Waals surface area contributed by atoms with E-state index >= 15 is 0 Å². The molecule has 0 saturated carbocycles. The van der Waals surface area contributed by atoms with E-state index in [0.717, 1.165) is 36.3 Å². The number of aryl methyl sites for hydroxylation is 1. The molecule has 0 aromatic carbocycles. The molecule has 0 spiro atoms. The number of piperidine rings is 1. The fourth-order valence-corrected chi connectivity index (χ4v) is 3.37. The van der Waals surface area contributed by atoms with Crippen molar-refractivity contribution in [3.8, 4) is 0 Å². The zero-order valence-corrected chi connectivity index (χ0v) is 16.7. The summed E-state index contributed by atoms with van der Waals surface area (Å²) >= 11 is 0. The first-order valence-electron chi connectivity index (χ1n) is 9.55. The second-order valence-corrected chi connectivity index (χ2v) is 7.43. The molecule has 2 heterocycles. The molecule has 0 atom stereocenters. The third-order valence-corrected chi connectivity index (χ3v) is 4.79. The lowest BCUT2D eigenvalue weighted by Crippen LogP contribution is -2.47. The van der Waals surface area contributed by atoms with Gasteiger partial charge >= 0.3 is 6.09 Å². The van der Waals surface area contributed by atoms with Crippen molar-refractivity contribution in [1.82, 2.24) is 20.0 Å². The highest BCUT2D eigenvalue weighted by Crippen LogP contribution is 2.16. The quantitative estimate of drug-likeness (QED) is 0.841. The van der Waals surface area contributed by atoms with Crippen LogP contribution >= 0.6 is 0 Å². The summed E-state index contributed by atoms with van der Waals surface area (Å²) in [5, 5.41) is 7.68. The normalized spacial score (nSPS) is 15.4. The zero-order chi connectivity index (χ0) is 19.3. The number of nitrogens with zero attached hydrogens (tertiary/aromatic N) is 3. The molecule has 0 bridgehead atoms. The number of carbonyl (C=O) groups excluding carboxylic acids is 2. The van der Waals surface area contributed by atoms with Crippen molar-refractivity contribution in [2.45, 2.75) is 66.5 Å². The van der Waals surface area contributed by atoms with Crippen molar-refractivity contribution in [3.05, 3.63) is 17.0 Å². The minimum atomic E-state index is -0.263. The van der Waals surface area contributed by atoms with Gasteiger partial charge in [0.1, 0.15) is 0 Å². The Morgan fingerprint density at radius 2 is 1.92 bits per heavy atom. The third kappa shape index (κ3) is 5.22. The lowest BCUT2D eigenvalue weighted by atomic mass is 10.0. The maximum absolute atomic E-state index is 12.5. The van der Waals surface area contributed by atoms with E-state index in [-0.39, 0.29) is 18.0 Å². The molecule has 1 aromatic heterocycles. The standard InChI is InChI=1S/C19H32N4O3/c1-6-26-19(25)22-9-7-16(8-10-22)20-18(24)11-17-14(4)21-23(15(17)5)12-13(2)3/h13,16H,6-12H2,1-5H3,(H,20,24). The van der Waals surface area contributed by atoms with Crippen LogP contribution in [0, 0.1) is 19.8 Å². The molecule has 26 heavy (non-hydrogen) atoms. The second-order valence-electron chi connectivity index (χ2n) is 7.43. The molecular weight excluding hydrogens is 332 g/mol. The molecule has 7 nitrogen and oxygen atoms in total. The average molecular weight is 364 g/mol. The summed E-state index contributed by atoms with van der Waals surface area (Å²) in [6.07, 6.45) is 1.61. The maximum atomic E-state index is 12.5. The summed E-state index contributed by atoms with van der Waals surface area (Å²) in [7, 11) is 0. The van der Waals surface area contributed by atoms with Crippen LogP contribution in [0.1, 0.15) is 50.6 Å². The maximum Gasteiger partial charge on any atom is 0.409 e. The number of hydrogen-bond acceptors (Lipinski definition) is 4. The molecule has 146 valence electrons. The number of amides is 2. The number of likely N-dealkylation sites (tertiary alicyclic amines) is 1. The van der Waals surface area contributed by atoms with Crippen LogP contribution in [0.4, 0.5) is 4.79 Å². The van der Waals surface area contributed by atoms with E-state index in [0.29, 0.717) is 32.0 Å². The van der Waals surface area contributed by atoms with Gasteiger partial charge in [0, 0.05) is 36.9 Å². The average Bonchev–Trinajstić information content (AvgIpc) is 2.82. The van der Waals surface area contributed by atoms with Gasteiger partial charge < -0.3 is 15.0 Å². The molecule has 7 heteroatoms. The van der Waals surface area contributed by atoms with Gasteiger partial charge in [-0.1, -0.05) is 13.8 Å². The van der Waals surface area contributed by atoms with Gasteiger partial charge in [-0.2, -0.15) is 5.10 Å². The molecule has 1 aliphatic rings. The molecule has 1 fully saturated rings. The summed E-state index contributed by atoms with van der Waals surface area (Å²) in [5.41, 5.74) is 3.02. The Hall–Kier alpha value is -2.05. The van der Waals surface area contributed by atoms with Crippen LogP contribution in [0.5, 0.6) is 0 Å². The van der Waals surface area contributed by atoms with E-state index < -0.39 is 0 Å². The van der Waals surface area contributed by atoms with Crippen LogP contribution < -0.4 is 5.32 Å². The molecule has 1 saturated heterocycles. The van der Waals surface area contributed by atoms with Crippen LogP contribution in [0.3, 0.4) is 0 Å². The molecule has 2 rings (SSSR count). The van der Waals surface area contributed by atoms with Gasteiger partial charge in [0.05, 0.1) is 18.7 Å². The number of hydrogen-bond donors (Lipinski definition) is 1. The summed E-state index contributed by atoms with van der Waals surface area (Å²) in [6.45, 7) is 12.6. The first-order valence-corrected chi connectivity index (χ1v) is 9.55. The number of ether oxygens (including phenoxy) is 1. The second kappa shape index (κ2) is 9.05. The Morgan fingerprint density at radius 1 is 1.27 bits per heavy atom. The van der Waals surface area contributed by atoms with E-state index in [4.69, 9.17) is 4.74 Å². The van der Waals surface area contributed by atoms with E-state index in [1.165, 1.54) is 0 Å². The van der Waals surface area contributed by atoms with Crippen LogP contribution in [-0.2, 0) is 22.5 Å². The zero-order valence-electron chi connectivity index (χ0n) is 16.7. The SMILES string of the molecule is CCOC(=O)N1CCC(NC(=O)Cc2c(C)nn(CC(C)C)c2C)CC1. The van der Waals surface area contributed by atoms with Crippen LogP contribution in [0.15, 0.2) is 0 Å². The van der Waals surface area contributed by atoms with Crippen molar-refractivity contribution in [1.29, 1.82) is 0 Å². The third-order valence-electron chi connectivity index (χ3n) is 4.79. The Kier molecular flexibility index (Phi) is 7.06. The van der Waals surface area contributed by atoms with Crippen molar-refractivity contribution < 1.29 is 14.3 Å². The lowest BCUT2D eigenvalue weighted by Gasteiger charge is -2.31. The van der Waals surface area contributed by atoms with E-state index in [1.807, 2.05) is 18.5 Å². The number of rotatable bonds is 6. The van der Waals surface area contributed by atoms with Gasteiger partial charge in [-0.3, -0.25) is 9.48 Å². The highest BCUT2D eigenvalue weighted by atomic mass is 16.6. The minimum absolute atomic E-state index is 0.0230. The Bertz CT molecular complexity index is 631. The monoisotopic (exact) mass is 364 g/mol. The van der Waals surface area contributed by atoms with E-state index in [2.05, 4.69) is 24.3 Å². The van der Waals surface area contributed by atoms with Gasteiger partial charge in [0.25, 0.3) is 0 Å². The van der Waals surface area contributed by atoms with Gasteiger partial charge in [-0.15, -0.1) is 0 Å². The predicted molar refractivity (Wildman–Crippen MR) is 100 cm³/mol. The number of nitrogens with one attached hydrogen (secondary N) is 1. The highest BCUT2D eigenvalue weighted by molar-refractivity contribution is 5.79. The molecule has 0 unspecified atom stereocenters. The van der Waals surface area contributed by atoms with Crippen molar-refractivity contribution >= 4 is 12.0 Å². The fourth-order valence-electron chi connectivity index (χ4n) is 3.37. The summed E-state index contributed by atoms with van der Waals surface area (Å²) < 4.78 is 7.02. The molecule has 0 radical (unpaired) electrons. The summed E-state index contributed by atoms with van der Waals surface area (Å²) in [4.78, 5) is 25.9. The first kappa shape index (κ1) is 20.3. The molecule has 2 amide bonds. The smallest absolute Gasteiger partial charge is 0.409 e. The predicted octanol–water partition coefficient (Wildman–Crippen LogP) is 2.44. The van der Waals surface area contributed by atoms with Gasteiger partial charge in [0.2, 0.25) is 5.91 Å². The molecule has 1 aromatic rings. The summed E-state index contributed by atoms with van der Waals surface area (Å²) in [6, 6.07) is 0.111. The molecule has 1 N–H and O–H groups in total. The largest absolute Gasteiger partial charge is 0.450 e. The Morgan fingerprint density at radius 3 is 2.50 bits per heavy atom. The lowest BCUT2D eigenvalue weighted by molar-refractivity contribution is -0.121. The molecule has 1 aliphatic heterocycles. The van der Waals surface area contributed by atoms with E-state index in [1.54, 1.807) is 11.8 Å². The Labute approximate surface area is 156 Å². The van der Waals surface area contributed by atoms with Gasteiger partial charge in [-0.05, 0) is 39.5 Å². The van der Waals surface area contributed by atoms with Crippen molar-refractivity contribution in [2.24, 2.45) is 5.92 Å². The van der Waals surface area contributed by atoms with E-state index in [9.17, 15) is 9.59 Å². The van der Waals surface area contributed by atoms with Gasteiger partial charge in [-0.25, -0.2) is 4.79 Å². The first-order chi connectivity index (χ1) is 12.3. The van der Waals surface area contributed by atoms with Crippen LogP contribution in [0.2, 0.25) is 0 Å². The topological polar surface area (TPSA) is 76.5 Å². The number of carbonyl (C=O) groups is 2. The van der Waals surface area contributed by atoms with Crippen molar-refractivity contribution in [2.75, 3.05) is 19.7 Å². The summed E-state index contributed by atoms with van der Waals surface area (Å²) in [5.74, 6) is 0.536. The minimum Gasteiger partial charge on any atom is -0.450 e. The van der Waals surface area contributed by atoms with Gasteiger partial charge in [0.15, 0.2) is 0 Å². The van der Waals surface area contributed by atoms with Crippen LogP contribution in [-0.4, -0.2) is 52.4 Å². The van der Waals surface area contributed by atoms with Crippen LogP contribution in [0.25, 0.3) is 0 Å². The highest BCUT2D eigenvalue weighted by Gasteiger charge is 2.25. The fraction of sp³-hybridized carbons (Fsp3) is 0.737. The van der Waals surface area contributed by atoms with Crippen molar-refractivity contribution in [3.63, 3.8) is 0 Å². The molecule has 0 aliphatic carbocycles. The number of aromatic nitrogens is 2. The Balaban J connectivity index is 1.86. The molecular formula is C19H32N4O3.